The Morgan fingerprint density at radius 3 is 2.70 bits per heavy atom. The van der Waals surface area contributed by atoms with Crippen LogP contribution in [0.3, 0.4) is 0 Å². The molecule has 0 radical (unpaired) electrons. The number of carbonyl (C=O) groups is 1. The lowest BCUT2D eigenvalue weighted by atomic mass is 9.96. The molecule has 0 saturated heterocycles. The molecule has 1 aromatic rings. The molecular weight excluding hydrogens is 252 g/mol. The fraction of sp³-hybridized carbons (Fsp3) is 0.600. The molecule has 1 amide bonds. The third-order valence-corrected chi connectivity index (χ3v) is 4.34. The molecule has 0 atom stereocenters. The average Bonchev–Trinajstić information content (AvgIpc) is 2.95. The average molecular weight is 276 g/mol. The van der Waals surface area contributed by atoms with Crippen LogP contribution in [0.1, 0.15) is 36.2 Å². The van der Waals surface area contributed by atoms with Gasteiger partial charge < -0.3 is 15.5 Å². The minimum atomic E-state index is -0.102. The van der Waals surface area contributed by atoms with Crippen molar-refractivity contribution in [3.63, 3.8) is 0 Å². The molecule has 0 unspecified atom stereocenters. The normalized spacial score (nSPS) is 17.2. The number of amides is 1. The topological polar surface area (TPSA) is 57.3 Å². The number of aromatic nitrogens is 1. The standard InChI is InChI=1S/C15H24N4O/c1-16-12-6-9-17-13(10-12)14(20)18-11-15(19(2)3)7-4-5-8-15/h6,9-10H,4-5,7-8,11H2,1-3H3,(H,16,17)(H,18,20). The van der Waals surface area contributed by atoms with Crippen molar-refractivity contribution in [3.05, 3.63) is 24.0 Å². The Morgan fingerprint density at radius 1 is 1.40 bits per heavy atom. The number of carbonyl (C=O) groups excluding carboxylic acids is 1. The van der Waals surface area contributed by atoms with Crippen LogP contribution in [0.25, 0.3) is 0 Å². The van der Waals surface area contributed by atoms with Gasteiger partial charge in [0, 0.05) is 31.0 Å². The van der Waals surface area contributed by atoms with Crippen molar-refractivity contribution in [1.82, 2.24) is 15.2 Å². The smallest absolute Gasteiger partial charge is 0.270 e. The van der Waals surface area contributed by atoms with Crippen molar-refractivity contribution in [2.45, 2.75) is 31.2 Å². The molecule has 0 aliphatic heterocycles. The summed E-state index contributed by atoms with van der Waals surface area (Å²) in [6.07, 6.45) is 6.41. The lowest BCUT2D eigenvalue weighted by molar-refractivity contribution is 0.0895. The summed E-state index contributed by atoms with van der Waals surface area (Å²) in [5, 5.41) is 6.06. The highest BCUT2D eigenvalue weighted by atomic mass is 16.1. The number of hydrogen-bond acceptors (Lipinski definition) is 4. The number of nitrogens with zero attached hydrogens (tertiary/aromatic N) is 2. The first-order chi connectivity index (χ1) is 9.57. The molecule has 0 bridgehead atoms. The third kappa shape index (κ3) is 3.10. The first-order valence-electron chi connectivity index (χ1n) is 7.17. The minimum absolute atomic E-state index is 0.102. The van der Waals surface area contributed by atoms with E-state index in [4.69, 9.17) is 0 Å². The van der Waals surface area contributed by atoms with E-state index in [9.17, 15) is 4.79 Å². The van der Waals surface area contributed by atoms with E-state index in [1.54, 1.807) is 12.3 Å². The van der Waals surface area contributed by atoms with E-state index in [0.29, 0.717) is 12.2 Å². The zero-order valence-electron chi connectivity index (χ0n) is 12.6. The van der Waals surface area contributed by atoms with Crippen LogP contribution in [-0.2, 0) is 0 Å². The largest absolute Gasteiger partial charge is 0.388 e. The second-order valence-electron chi connectivity index (χ2n) is 5.69. The monoisotopic (exact) mass is 276 g/mol. The number of nitrogens with one attached hydrogen (secondary N) is 2. The number of pyridine rings is 1. The predicted molar refractivity (Wildman–Crippen MR) is 81.0 cm³/mol. The molecular formula is C15H24N4O. The van der Waals surface area contributed by atoms with Crippen LogP contribution in [0.2, 0.25) is 0 Å². The van der Waals surface area contributed by atoms with Crippen LogP contribution < -0.4 is 10.6 Å². The molecule has 2 rings (SSSR count). The van der Waals surface area contributed by atoms with Gasteiger partial charge in [0.1, 0.15) is 5.69 Å². The zero-order valence-corrected chi connectivity index (χ0v) is 12.6. The van der Waals surface area contributed by atoms with Gasteiger partial charge in [-0.1, -0.05) is 12.8 Å². The first kappa shape index (κ1) is 14.8. The lowest BCUT2D eigenvalue weighted by Crippen LogP contribution is -2.50. The fourth-order valence-electron chi connectivity index (χ4n) is 2.86. The highest BCUT2D eigenvalue weighted by Crippen LogP contribution is 2.33. The molecule has 2 N–H and O–H groups in total. The van der Waals surface area contributed by atoms with Crippen molar-refractivity contribution in [3.8, 4) is 0 Å². The van der Waals surface area contributed by atoms with E-state index >= 15 is 0 Å². The first-order valence-corrected chi connectivity index (χ1v) is 7.17. The Bertz CT molecular complexity index is 467. The highest BCUT2D eigenvalue weighted by Gasteiger charge is 2.36. The maximum atomic E-state index is 12.2. The van der Waals surface area contributed by atoms with E-state index < -0.39 is 0 Å². The molecule has 5 nitrogen and oxygen atoms in total. The summed E-state index contributed by atoms with van der Waals surface area (Å²) in [5.74, 6) is -0.102. The molecule has 1 fully saturated rings. The molecule has 0 spiro atoms. The van der Waals surface area contributed by atoms with Crippen molar-refractivity contribution < 1.29 is 4.79 Å². The van der Waals surface area contributed by atoms with Gasteiger partial charge in [0.2, 0.25) is 0 Å². The highest BCUT2D eigenvalue weighted by molar-refractivity contribution is 5.93. The summed E-state index contributed by atoms with van der Waals surface area (Å²) >= 11 is 0. The van der Waals surface area contributed by atoms with Gasteiger partial charge in [-0.3, -0.25) is 9.78 Å². The Kier molecular flexibility index (Phi) is 4.60. The maximum absolute atomic E-state index is 12.2. The molecule has 1 saturated carbocycles. The Labute approximate surface area is 120 Å². The van der Waals surface area contributed by atoms with Crippen LogP contribution in [0.15, 0.2) is 18.3 Å². The predicted octanol–water partition coefficient (Wildman–Crippen LogP) is 1.73. The summed E-state index contributed by atoms with van der Waals surface area (Å²) in [6.45, 7) is 0.685. The molecule has 20 heavy (non-hydrogen) atoms. The number of rotatable bonds is 5. The summed E-state index contributed by atoms with van der Waals surface area (Å²) in [7, 11) is 6.02. The van der Waals surface area contributed by atoms with Gasteiger partial charge in [0.15, 0.2) is 0 Å². The molecule has 1 heterocycles. The second kappa shape index (κ2) is 6.22. The van der Waals surface area contributed by atoms with Crippen LogP contribution >= 0.6 is 0 Å². The van der Waals surface area contributed by atoms with Crippen molar-refractivity contribution >= 4 is 11.6 Å². The van der Waals surface area contributed by atoms with Crippen molar-refractivity contribution in [2.75, 3.05) is 33.0 Å². The summed E-state index contributed by atoms with van der Waals surface area (Å²) in [6, 6.07) is 3.61. The second-order valence-corrected chi connectivity index (χ2v) is 5.69. The van der Waals surface area contributed by atoms with Gasteiger partial charge in [-0.15, -0.1) is 0 Å². The van der Waals surface area contributed by atoms with E-state index in [0.717, 1.165) is 18.5 Å². The fourth-order valence-corrected chi connectivity index (χ4v) is 2.86. The van der Waals surface area contributed by atoms with Crippen molar-refractivity contribution in [2.24, 2.45) is 0 Å². The molecule has 0 aromatic carbocycles. The van der Waals surface area contributed by atoms with Gasteiger partial charge in [-0.05, 0) is 39.1 Å². The Hall–Kier alpha value is -1.62. The van der Waals surface area contributed by atoms with Gasteiger partial charge in [-0.25, -0.2) is 0 Å². The number of hydrogen-bond donors (Lipinski definition) is 2. The number of anilines is 1. The van der Waals surface area contributed by atoms with E-state index in [1.165, 1.54) is 12.8 Å². The molecule has 1 aliphatic rings. The molecule has 110 valence electrons. The van der Waals surface area contributed by atoms with Crippen LogP contribution in [0.4, 0.5) is 5.69 Å². The molecule has 1 aromatic heterocycles. The molecule has 5 heteroatoms. The van der Waals surface area contributed by atoms with Crippen LogP contribution in [-0.4, -0.2) is 49.0 Å². The summed E-state index contributed by atoms with van der Waals surface area (Å²) in [4.78, 5) is 18.6. The SMILES string of the molecule is CNc1ccnc(C(=O)NCC2(N(C)C)CCCC2)c1. The van der Waals surface area contributed by atoms with Crippen LogP contribution in [0.5, 0.6) is 0 Å². The number of likely N-dealkylation sites (N-methyl/N-ethyl adjacent to an activating group) is 1. The Balaban J connectivity index is 2.00. The van der Waals surface area contributed by atoms with Crippen molar-refractivity contribution in [1.29, 1.82) is 0 Å². The zero-order chi connectivity index (χ0) is 14.6. The lowest BCUT2D eigenvalue weighted by Gasteiger charge is -2.36. The van der Waals surface area contributed by atoms with Gasteiger partial charge in [-0.2, -0.15) is 0 Å². The summed E-state index contributed by atoms with van der Waals surface area (Å²) in [5.41, 5.74) is 1.47. The van der Waals surface area contributed by atoms with E-state index in [1.807, 2.05) is 13.1 Å². The quantitative estimate of drug-likeness (QED) is 0.860. The third-order valence-electron chi connectivity index (χ3n) is 4.34. The van der Waals surface area contributed by atoms with Crippen LogP contribution in [0, 0.1) is 0 Å². The Morgan fingerprint density at radius 2 is 2.10 bits per heavy atom. The van der Waals surface area contributed by atoms with E-state index in [-0.39, 0.29) is 11.4 Å². The van der Waals surface area contributed by atoms with E-state index in [2.05, 4.69) is 34.6 Å². The van der Waals surface area contributed by atoms with Gasteiger partial charge in [0.05, 0.1) is 0 Å². The minimum Gasteiger partial charge on any atom is -0.388 e. The maximum Gasteiger partial charge on any atom is 0.270 e. The summed E-state index contributed by atoms with van der Waals surface area (Å²) < 4.78 is 0. The van der Waals surface area contributed by atoms with Gasteiger partial charge in [0.25, 0.3) is 5.91 Å². The van der Waals surface area contributed by atoms with Gasteiger partial charge >= 0.3 is 0 Å². The molecule has 1 aliphatic carbocycles.